The molecule has 2 aromatic rings. The minimum absolute atomic E-state index is 0.119. The fourth-order valence-corrected chi connectivity index (χ4v) is 3.88. The van der Waals surface area contributed by atoms with Crippen LogP contribution in [-0.4, -0.2) is 23.6 Å². The van der Waals surface area contributed by atoms with Crippen molar-refractivity contribution in [2.24, 2.45) is 5.41 Å². The van der Waals surface area contributed by atoms with Gasteiger partial charge < -0.3 is 9.84 Å². The van der Waals surface area contributed by atoms with E-state index in [1.807, 2.05) is 46.8 Å². The van der Waals surface area contributed by atoms with Gasteiger partial charge in [0.1, 0.15) is 24.2 Å². The van der Waals surface area contributed by atoms with Crippen LogP contribution in [0.3, 0.4) is 0 Å². The van der Waals surface area contributed by atoms with Crippen LogP contribution < -0.4 is 4.74 Å². The normalized spacial score (nSPS) is 14.3. The predicted octanol–water partition coefficient (Wildman–Crippen LogP) is 6.40. The lowest BCUT2D eigenvalue weighted by Gasteiger charge is -2.37. The maximum Gasteiger partial charge on any atom is 0.150 e. The lowest BCUT2D eigenvalue weighted by atomic mass is 9.70. The molecule has 0 aliphatic heterocycles. The Labute approximate surface area is 182 Å². The van der Waals surface area contributed by atoms with E-state index in [2.05, 4.69) is 45.0 Å². The average Bonchev–Trinajstić information content (AvgIpc) is 2.68. The number of hydrogen-bond donors (Lipinski definition) is 1. The van der Waals surface area contributed by atoms with E-state index in [0.29, 0.717) is 0 Å². The van der Waals surface area contributed by atoms with Gasteiger partial charge in [0.2, 0.25) is 0 Å². The highest BCUT2D eigenvalue weighted by molar-refractivity contribution is 5.77. The molecular weight excluding hydrogens is 372 g/mol. The molecular formula is C27H38O3. The number of rotatable bonds is 8. The molecule has 1 unspecified atom stereocenters. The molecule has 0 spiro atoms. The quantitative estimate of drug-likeness (QED) is 0.512. The number of benzene rings is 2. The van der Waals surface area contributed by atoms with Gasteiger partial charge in [0, 0.05) is 11.0 Å². The molecule has 1 N–H and O–H groups in total. The third-order valence-corrected chi connectivity index (χ3v) is 7.01. The summed E-state index contributed by atoms with van der Waals surface area (Å²) in [6.45, 7) is 16.6. The van der Waals surface area contributed by atoms with Crippen LogP contribution in [0, 0.1) is 19.3 Å². The largest absolute Gasteiger partial charge is 0.490 e. The molecule has 0 bridgehead atoms. The maximum absolute atomic E-state index is 11.2. The number of hydrogen-bond acceptors (Lipinski definition) is 3. The van der Waals surface area contributed by atoms with E-state index in [1.54, 1.807) is 0 Å². The molecule has 0 aliphatic carbocycles. The second kappa shape index (κ2) is 8.93. The van der Waals surface area contributed by atoms with Gasteiger partial charge in [0.05, 0.1) is 0 Å². The van der Waals surface area contributed by atoms with Gasteiger partial charge in [-0.05, 0) is 67.3 Å². The fourth-order valence-electron chi connectivity index (χ4n) is 3.88. The van der Waals surface area contributed by atoms with E-state index in [1.165, 1.54) is 11.1 Å². The van der Waals surface area contributed by atoms with Crippen LogP contribution >= 0.6 is 0 Å². The third-order valence-electron chi connectivity index (χ3n) is 7.01. The van der Waals surface area contributed by atoms with E-state index >= 15 is 0 Å². The van der Waals surface area contributed by atoms with E-state index < -0.39 is 5.60 Å². The van der Waals surface area contributed by atoms with Crippen molar-refractivity contribution in [3.63, 3.8) is 0 Å². The first-order valence-electron chi connectivity index (χ1n) is 10.9. The van der Waals surface area contributed by atoms with E-state index in [9.17, 15) is 9.90 Å². The summed E-state index contributed by atoms with van der Waals surface area (Å²) in [7, 11) is 0. The summed E-state index contributed by atoms with van der Waals surface area (Å²) in [5.41, 5.74) is 3.98. The molecule has 0 saturated heterocycles. The lowest BCUT2D eigenvalue weighted by molar-refractivity contribution is -0.0725. The van der Waals surface area contributed by atoms with E-state index in [0.717, 1.165) is 41.6 Å². The maximum atomic E-state index is 11.2. The van der Waals surface area contributed by atoms with Crippen LogP contribution in [0.15, 0.2) is 36.4 Å². The van der Waals surface area contributed by atoms with Crippen LogP contribution in [-0.2, 0) is 5.41 Å². The Balaban J connectivity index is 2.40. The van der Waals surface area contributed by atoms with Crippen molar-refractivity contribution in [1.29, 1.82) is 0 Å². The summed E-state index contributed by atoms with van der Waals surface area (Å²) in [6, 6.07) is 12.5. The highest BCUT2D eigenvalue weighted by Gasteiger charge is 2.36. The first kappa shape index (κ1) is 24.1. The van der Waals surface area contributed by atoms with Crippen LogP contribution in [0.5, 0.6) is 5.75 Å². The van der Waals surface area contributed by atoms with Crippen LogP contribution in [0.4, 0.5) is 0 Å². The summed E-state index contributed by atoms with van der Waals surface area (Å²) in [5.74, 6) is 0.803. The molecule has 0 saturated carbocycles. The Morgan fingerprint density at radius 2 is 1.43 bits per heavy atom. The number of carbonyl (C=O) groups is 1. The van der Waals surface area contributed by atoms with E-state index in [-0.39, 0.29) is 17.4 Å². The standard InChI is InChI=1S/C27H38O3/c1-9-27(10-2,22-12-11-21(17-28)19(3)15-22)23-13-14-24(20(4)16-23)30-18-26(8,29)25(5,6)7/h11-17,29H,9-10,18H2,1-8H3. The second-order valence-electron chi connectivity index (χ2n) is 9.77. The van der Waals surface area contributed by atoms with Gasteiger partial charge in [-0.25, -0.2) is 0 Å². The van der Waals surface area contributed by atoms with Gasteiger partial charge in [-0.15, -0.1) is 0 Å². The van der Waals surface area contributed by atoms with Gasteiger partial charge in [0.25, 0.3) is 0 Å². The molecule has 0 aromatic heterocycles. The Morgan fingerprint density at radius 3 is 1.87 bits per heavy atom. The summed E-state index contributed by atoms with van der Waals surface area (Å²) >= 11 is 0. The molecule has 2 rings (SSSR count). The number of aliphatic hydroxyl groups is 1. The third kappa shape index (κ3) is 4.62. The minimum Gasteiger partial charge on any atom is -0.490 e. The highest BCUT2D eigenvalue weighted by Crippen LogP contribution is 2.41. The van der Waals surface area contributed by atoms with Gasteiger partial charge in [-0.2, -0.15) is 0 Å². The molecule has 164 valence electrons. The fraction of sp³-hybridized carbons (Fsp3) is 0.519. The molecule has 0 aliphatic rings. The minimum atomic E-state index is -0.924. The van der Waals surface area contributed by atoms with E-state index in [4.69, 9.17) is 4.74 Å². The van der Waals surface area contributed by atoms with Gasteiger partial charge >= 0.3 is 0 Å². The SMILES string of the molecule is CCC(CC)(c1ccc(C=O)c(C)c1)c1ccc(OCC(C)(O)C(C)(C)C)c(C)c1. The summed E-state index contributed by atoms with van der Waals surface area (Å²) in [5, 5.41) is 10.7. The number of carbonyl (C=O) groups excluding carboxylic acids is 1. The summed E-state index contributed by atoms with van der Waals surface area (Å²) in [4.78, 5) is 11.2. The molecule has 0 heterocycles. The van der Waals surface area contributed by atoms with Gasteiger partial charge in [0.15, 0.2) is 0 Å². The highest BCUT2D eigenvalue weighted by atomic mass is 16.5. The number of aldehydes is 1. The van der Waals surface area contributed by atoms with Crippen LogP contribution in [0.2, 0.25) is 0 Å². The number of ether oxygens (including phenoxy) is 1. The van der Waals surface area contributed by atoms with Crippen molar-refractivity contribution in [1.82, 2.24) is 0 Å². The second-order valence-corrected chi connectivity index (χ2v) is 9.77. The van der Waals surface area contributed by atoms with Crippen molar-refractivity contribution >= 4 is 6.29 Å². The van der Waals surface area contributed by atoms with Crippen molar-refractivity contribution in [3.8, 4) is 5.75 Å². The topological polar surface area (TPSA) is 46.5 Å². The predicted molar refractivity (Wildman–Crippen MR) is 125 cm³/mol. The Hall–Kier alpha value is -2.13. The average molecular weight is 411 g/mol. The van der Waals surface area contributed by atoms with Crippen LogP contribution in [0.1, 0.15) is 87.0 Å². The molecule has 30 heavy (non-hydrogen) atoms. The first-order valence-corrected chi connectivity index (χ1v) is 10.9. The molecule has 0 fully saturated rings. The molecule has 0 amide bonds. The van der Waals surface area contributed by atoms with Gasteiger partial charge in [-0.1, -0.05) is 65.0 Å². The molecule has 3 heteroatoms. The van der Waals surface area contributed by atoms with Crippen molar-refractivity contribution in [3.05, 3.63) is 64.2 Å². The van der Waals surface area contributed by atoms with Gasteiger partial charge in [-0.3, -0.25) is 4.79 Å². The monoisotopic (exact) mass is 410 g/mol. The molecule has 0 radical (unpaired) electrons. The smallest absolute Gasteiger partial charge is 0.150 e. The summed E-state index contributed by atoms with van der Waals surface area (Å²) < 4.78 is 6.03. The zero-order valence-corrected chi connectivity index (χ0v) is 19.9. The molecule has 2 aromatic carbocycles. The lowest BCUT2D eigenvalue weighted by Crippen LogP contribution is -2.45. The summed E-state index contributed by atoms with van der Waals surface area (Å²) in [6.07, 6.45) is 2.84. The van der Waals surface area contributed by atoms with Crippen molar-refractivity contribution in [2.45, 2.75) is 79.2 Å². The Kier molecular flexibility index (Phi) is 7.19. The Bertz CT molecular complexity index is 883. The van der Waals surface area contributed by atoms with Crippen LogP contribution in [0.25, 0.3) is 0 Å². The zero-order chi connectivity index (χ0) is 22.7. The Morgan fingerprint density at radius 1 is 0.900 bits per heavy atom. The van der Waals surface area contributed by atoms with Crippen molar-refractivity contribution < 1.29 is 14.6 Å². The first-order chi connectivity index (χ1) is 13.9. The molecule has 1 atom stereocenters. The zero-order valence-electron chi connectivity index (χ0n) is 19.9. The molecule has 3 nitrogen and oxygen atoms in total. The van der Waals surface area contributed by atoms with Crippen molar-refractivity contribution in [2.75, 3.05) is 6.61 Å². The number of aryl methyl sites for hydroxylation is 2.